The molecule has 0 amide bonds. The summed E-state index contributed by atoms with van der Waals surface area (Å²) in [5.74, 6) is 7.35. The number of hydrogen-bond acceptors (Lipinski definition) is 0. The van der Waals surface area contributed by atoms with Crippen LogP contribution in [0.2, 0.25) is 0 Å². The van der Waals surface area contributed by atoms with Crippen LogP contribution in [-0.2, 0) is 0 Å². The molecule has 1 unspecified atom stereocenters. The molecule has 0 nitrogen and oxygen atoms in total. The fourth-order valence-corrected chi connectivity index (χ4v) is 1.31. The molecule has 0 bridgehead atoms. The van der Waals surface area contributed by atoms with Gasteiger partial charge in [-0.2, -0.15) is 0 Å². The standard InChI is InChI=1S/C13H24/c1-4-7-9-10-12-13(6-3)11-8-5-2/h13H,4-9,11H2,1-3H3. The SMILES string of the molecule is CCCCC#CC(CC)CCCC. The molecule has 0 spiro atoms. The zero-order chi connectivity index (χ0) is 9.94. The summed E-state index contributed by atoms with van der Waals surface area (Å²) in [4.78, 5) is 0. The summed E-state index contributed by atoms with van der Waals surface area (Å²) < 4.78 is 0. The van der Waals surface area contributed by atoms with Gasteiger partial charge in [-0.3, -0.25) is 0 Å². The molecule has 0 heteroatoms. The van der Waals surface area contributed by atoms with Gasteiger partial charge < -0.3 is 0 Å². The van der Waals surface area contributed by atoms with E-state index < -0.39 is 0 Å². The van der Waals surface area contributed by atoms with Crippen LogP contribution in [0.4, 0.5) is 0 Å². The lowest BCUT2D eigenvalue weighted by Gasteiger charge is -2.05. The molecule has 0 aliphatic carbocycles. The summed E-state index contributed by atoms with van der Waals surface area (Å²) in [6, 6.07) is 0. The average Bonchev–Trinajstić information content (AvgIpc) is 2.17. The van der Waals surface area contributed by atoms with E-state index in [4.69, 9.17) is 0 Å². The second kappa shape index (κ2) is 9.65. The van der Waals surface area contributed by atoms with Crippen LogP contribution < -0.4 is 0 Å². The minimum Gasteiger partial charge on any atom is -0.103 e. The third kappa shape index (κ3) is 7.91. The van der Waals surface area contributed by atoms with Gasteiger partial charge in [0.05, 0.1) is 0 Å². The van der Waals surface area contributed by atoms with Crippen molar-refractivity contribution in [2.24, 2.45) is 5.92 Å². The van der Waals surface area contributed by atoms with Gasteiger partial charge in [0.25, 0.3) is 0 Å². The zero-order valence-electron chi connectivity index (χ0n) is 9.53. The van der Waals surface area contributed by atoms with Crippen molar-refractivity contribution in [2.45, 2.75) is 65.7 Å². The minimum absolute atomic E-state index is 0.664. The Morgan fingerprint density at radius 3 is 2.23 bits per heavy atom. The van der Waals surface area contributed by atoms with Crippen LogP contribution in [0.15, 0.2) is 0 Å². The molecule has 0 aromatic heterocycles. The first-order valence-electron chi connectivity index (χ1n) is 5.83. The summed E-state index contributed by atoms with van der Waals surface area (Å²) in [7, 11) is 0. The summed E-state index contributed by atoms with van der Waals surface area (Å²) in [5, 5.41) is 0. The first kappa shape index (κ1) is 12.6. The maximum absolute atomic E-state index is 3.39. The molecule has 0 fully saturated rings. The van der Waals surface area contributed by atoms with Gasteiger partial charge in [-0.25, -0.2) is 0 Å². The minimum atomic E-state index is 0.664. The van der Waals surface area contributed by atoms with Crippen molar-refractivity contribution in [3.05, 3.63) is 0 Å². The second-order valence-electron chi connectivity index (χ2n) is 3.67. The van der Waals surface area contributed by atoms with Gasteiger partial charge in [-0.05, 0) is 19.3 Å². The van der Waals surface area contributed by atoms with Crippen LogP contribution in [0.3, 0.4) is 0 Å². The Morgan fingerprint density at radius 1 is 1.00 bits per heavy atom. The van der Waals surface area contributed by atoms with E-state index in [0.717, 1.165) is 6.42 Å². The Hall–Kier alpha value is -0.440. The summed E-state index contributed by atoms with van der Waals surface area (Å²) in [6.07, 6.45) is 8.77. The quantitative estimate of drug-likeness (QED) is 0.420. The van der Waals surface area contributed by atoms with Crippen molar-refractivity contribution in [2.75, 3.05) is 0 Å². The van der Waals surface area contributed by atoms with Crippen molar-refractivity contribution < 1.29 is 0 Å². The smallest absolute Gasteiger partial charge is 0.0200 e. The monoisotopic (exact) mass is 180 g/mol. The van der Waals surface area contributed by atoms with E-state index in [2.05, 4.69) is 32.6 Å². The molecular formula is C13H24. The molecule has 0 saturated heterocycles. The lowest BCUT2D eigenvalue weighted by molar-refractivity contribution is 0.555. The molecule has 13 heavy (non-hydrogen) atoms. The molecule has 0 saturated carbocycles. The lowest BCUT2D eigenvalue weighted by Crippen LogP contribution is -1.94. The normalized spacial score (nSPS) is 11.9. The third-order valence-corrected chi connectivity index (χ3v) is 2.36. The summed E-state index contributed by atoms with van der Waals surface area (Å²) >= 11 is 0. The van der Waals surface area contributed by atoms with Crippen molar-refractivity contribution in [3.8, 4) is 11.8 Å². The number of unbranched alkanes of at least 4 members (excludes halogenated alkanes) is 3. The summed E-state index contributed by atoms with van der Waals surface area (Å²) in [6.45, 7) is 6.71. The fraction of sp³-hybridized carbons (Fsp3) is 0.846. The second-order valence-corrected chi connectivity index (χ2v) is 3.67. The Morgan fingerprint density at radius 2 is 1.69 bits per heavy atom. The van der Waals surface area contributed by atoms with E-state index in [1.807, 2.05) is 0 Å². The third-order valence-electron chi connectivity index (χ3n) is 2.36. The fourth-order valence-electron chi connectivity index (χ4n) is 1.31. The average molecular weight is 180 g/mol. The number of hydrogen-bond donors (Lipinski definition) is 0. The van der Waals surface area contributed by atoms with Crippen molar-refractivity contribution in [1.29, 1.82) is 0 Å². The molecule has 0 aromatic carbocycles. The predicted molar refractivity (Wildman–Crippen MR) is 60.6 cm³/mol. The van der Waals surface area contributed by atoms with E-state index in [0.29, 0.717) is 5.92 Å². The summed E-state index contributed by atoms with van der Waals surface area (Å²) in [5.41, 5.74) is 0. The highest BCUT2D eigenvalue weighted by Gasteiger charge is 1.99. The highest BCUT2D eigenvalue weighted by atomic mass is 14.0. The van der Waals surface area contributed by atoms with Gasteiger partial charge in [0.2, 0.25) is 0 Å². The van der Waals surface area contributed by atoms with Gasteiger partial charge in [0.15, 0.2) is 0 Å². The molecular weight excluding hydrogens is 156 g/mol. The number of rotatable bonds is 6. The molecule has 0 radical (unpaired) electrons. The molecule has 76 valence electrons. The molecule has 0 aliphatic rings. The predicted octanol–water partition coefficient (Wildman–Crippen LogP) is 4.40. The topological polar surface area (TPSA) is 0 Å². The molecule has 0 N–H and O–H groups in total. The van der Waals surface area contributed by atoms with Crippen molar-refractivity contribution in [1.82, 2.24) is 0 Å². The first-order valence-corrected chi connectivity index (χ1v) is 5.83. The Bertz CT molecular complexity index is 147. The molecule has 0 aromatic rings. The van der Waals surface area contributed by atoms with Crippen LogP contribution in [-0.4, -0.2) is 0 Å². The van der Waals surface area contributed by atoms with Crippen molar-refractivity contribution >= 4 is 0 Å². The highest BCUT2D eigenvalue weighted by molar-refractivity contribution is 5.03. The maximum atomic E-state index is 3.39. The molecule has 1 atom stereocenters. The highest BCUT2D eigenvalue weighted by Crippen LogP contribution is 2.11. The van der Waals surface area contributed by atoms with Crippen LogP contribution in [0.5, 0.6) is 0 Å². The first-order chi connectivity index (χ1) is 6.35. The van der Waals surface area contributed by atoms with Gasteiger partial charge in [-0.1, -0.05) is 46.0 Å². The zero-order valence-corrected chi connectivity index (χ0v) is 9.53. The Balaban J connectivity index is 3.59. The Kier molecular flexibility index (Phi) is 9.32. The van der Waals surface area contributed by atoms with E-state index in [9.17, 15) is 0 Å². The van der Waals surface area contributed by atoms with Gasteiger partial charge in [-0.15, -0.1) is 5.92 Å². The lowest BCUT2D eigenvalue weighted by atomic mass is 10.00. The van der Waals surface area contributed by atoms with Crippen LogP contribution in [0.25, 0.3) is 0 Å². The van der Waals surface area contributed by atoms with Crippen molar-refractivity contribution in [3.63, 3.8) is 0 Å². The molecule has 0 heterocycles. The van der Waals surface area contributed by atoms with Gasteiger partial charge in [0, 0.05) is 12.3 Å². The van der Waals surface area contributed by atoms with Gasteiger partial charge in [0.1, 0.15) is 0 Å². The van der Waals surface area contributed by atoms with E-state index in [1.165, 1.54) is 38.5 Å². The van der Waals surface area contributed by atoms with Gasteiger partial charge >= 0.3 is 0 Å². The van der Waals surface area contributed by atoms with Crippen LogP contribution in [0, 0.1) is 17.8 Å². The van der Waals surface area contributed by atoms with Crippen LogP contribution in [0.1, 0.15) is 65.7 Å². The molecule has 0 aliphatic heterocycles. The van der Waals surface area contributed by atoms with E-state index in [1.54, 1.807) is 0 Å². The molecule has 0 rings (SSSR count). The van der Waals surface area contributed by atoms with Crippen LogP contribution >= 0.6 is 0 Å². The van der Waals surface area contributed by atoms with E-state index >= 15 is 0 Å². The van der Waals surface area contributed by atoms with E-state index in [-0.39, 0.29) is 0 Å². The Labute approximate surface area is 84.1 Å². The maximum Gasteiger partial charge on any atom is 0.0200 e. The largest absolute Gasteiger partial charge is 0.103 e.